The van der Waals surface area contributed by atoms with E-state index in [1.54, 1.807) is 0 Å². The van der Waals surface area contributed by atoms with Gasteiger partial charge in [0.15, 0.2) is 11.5 Å². The minimum Gasteiger partial charge on any atom is -0.486 e. The van der Waals surface area contributed by atoms with Gasteiger partial charge in [-0.05, 0) is 56.3 Å². The van der Waals surface area contributed by atoms with E-state index in [1.165, 1.54) is 5.39 Å². The number of pyridine rings is 2. The van der Waals surface area contributed by atoms with Gasteiger partial charge in [-0.3, -0.25) is 9.88 Å². The molecule has 4 aromatic rings. The van der Waals surface area contributed by atoms with Crippen LogP contribution in [0.25, 0.3) is 21.8 Å². The summed E-state index contributed by atoms with van der Waals surface area (Å²) in [5.74, 6) is 2.69. The number of ether oxygens (including phenoxy) is 2. The summed E-state index contributed by atoms with van der Waals surface area (Å²) in [4.78, 5) is 14.4. The minimum absolute atomic E-state index is 0.00260. The molecule has 2 aliphatic rings. The largest absolute Gasteiger partial charge is 0.486 e. The molecule has 0 N–H and O–H groups in total. The third kappa shape index (κ3) is 3.85. The van der Waals surface area contributed by atoms with Gasteiger partial charge in [-0.1, -0.05) is 18.2 Å². The van der Waals surface area contributed by atoms with Crippen molar-refractivity contribution in [1.29, 1.82) is 0 Å². The Morgan fingerprint density at radius 3 is 2.76 bits per heavy atom. The van der Waals surface area contributed by atoms with E-state index >= 15 is 0 Å². The molecule has 2 aliphatic heterocycles. The molecule has 2 aromatic carbocycles. The lowest BCUT2D eigenvalue weighted by molar-refractivity contribution is 0.0456. The SMILES string of the molecule is Cc1ccc2c3c(ccc2n1)OCC(CN1CCN(c2ccc4ccccc4n2)CC1C)O3. The Bertz CT molecular complexity index is 1320. The highest BCUT2D eigenvalue weighted by atomic mass is 16.6. The van der Waals surface area contributed by atoms with Crippen LogP contribution in [0.15, 0.2) is 60.7 Å². The van der Waals surface area contributed by atoms with Gasteiger partial charge in [-0.2, -0.15) is 0 Å². The number of anilines is 1. The third-order valence-electron chi connectivity index (χ3n) is 6.75. The second kappa shape index (κ2) is 8.19. The Morgan fingerprint density at radius 2 is 1.85 bits per heavy atom. The van der Waals surface area contributed by atoms with Crippen molar-refractivity contribution in [3.8, 4) is 11.5 Å². The Hall–Kier alpha value is -3.38. The van der Waals surface area contributed by atoms with Gasteiger partial charge < -0.3 is 14.4 Å². The van der Waals surface area contributed by atoms with E-state index in [0.29, 0.717) is 12.6 Å². The topological polar surface area (TPSA) is 50.7 Å². The van der Waals surface area contributed by atoms with E-state index in [4.69, 9.17) is 14.5 Å². The second-order valence-corrected chi connectivity index (χ2v) is 9.12. The smallest absolute Gasteiger partial charge is 0.171 e. The second-order valence-electron chi connectivity index (χ2n) is 9.12. The molecule has 6 rings (SSSR count). The number of fused-ring (bicyclic) bond motifs is 4. The van der Waals surface area contributed by atoms with E-state index in [0.717, 1.165) is 65.6 Å². The number of aromatic nitrogens is 2. The summed E-state index contributed by atoms with van der Waals surface area (Å²) in [6.45, 7) is 8.57. The molecule has 2 unspecified atom stereocenters. The number of nitrogens with zero attached hydrogens (tertiary/aromatic N) is 4. The molecular weight excluding hydrogens is 412 g/mol. The first-order chi connectivity index (χ1) is 16.1. The van der Waals surface area contributed by atoms with Gasteiger partial charge in [-0.15, -0.1) is 0 Å². The van der Waals surface area contributed by atoms with Gasteiger partial charge in [0.05, 0.1) is 11.0 Å². The Labute approximate surface area is 193 Å². The number of para-hydroxylation sites is 1. The summed E-state index contributed by atoms with van der Waals surface area (Å²) in [6, 6.07) is 21.1. The number of rotatable bonds is 3. The molecule has 0 saturated carbocycles. The van der Waals surface area contributed by atoms with Crippen molar-refractivity contribution in [2.45, 2.75) is 26.0 Å². The highest BCUT2D eigenvalue weighted by Crippen LogP contribution is 2.38. The summed E-state index contributed by atoms with van der Waals surface area (Å²) in [5, 5.41) is 2.20. The van der Waals surface area contributed by atoms with Crippen LogP contribution in [0.5, 0.6) is 11.5 Å². The van der Waals surface area contributed by atoms with E-state index in [1.807, 2.05) is 31.2 Å². The van der Waals surface area contributed by atoms with Gasteiger partial charge in [-0.25, -0.2) is 4.98 Å². The van der Waals surface area contributed by atoms with Crippen LogP contribution >= 0.6 is 0 Å². The van der Waals surface area contributed by atoms with E-state index < -0.39 is 0 Å². The van der Waals surface area contributed by atoms with E-state index in [9.17, 15) is 0 Å². The first-order valence-electron chi connectivity index (χ1n) is 11.7. The van der Waals surface area contributed by atoms with Crippen LogP contribution in [-0.4, -0.2) is 59.8 Å². The van der Waals surface area contributed by atoms with Crippen LogP contribution in [0.3, 0.4) is 0 Å². The fraction of sp³-hybridized carbons (Fsp3) is 0.333. The number of hydrogen-bond donors (Lipinski definition) is 0. The van der Waals surface area contributed by atoms with Gasteiger partial charge in [0, 0.05) is 48.7 Å². The van der Waals surface area contributed by atoms with Gasteiger partial charge in [0.2, 0.25) is 0 Å². The molecule has 0 bridgehead atoms. The molecule has 1 fully saturated rings. The number of benzene rings is 2. The van der Waals surface area contributed by atoms with E-state index in [2.05, 4.69) is 58.1 Å². The monoisotopic (exact) mass is 440 g/mol. The minimum atomic E-state index is -0.00260. The highest BCUT2D eigenvalue weighted by Gasteiger charge is 2.30. The van der Waals surface area contributed by atoms with Crippen molar-refractivity contribution in [2.75, 3.05) is 37.7 Å². The maximum absolute atomic E-state index is 6.46. The lowest BCUT2D eigenvalue weighted by Gasteiger charge is -2.42. The molecule has 4 heterocycles. The number of hydrogen-bond acceptors (Lipinski definition) is 6. The molecular formula is C27H28N4O2. The summed E-state index contributed by atoms with van der Waals surface area (Å²) in [7, 11) is 0. The van der Waals surface area contributed by atoms with Gasteiger partial charge in [0.1, 0.15) is 18.5 Å². The molecule has 1 saturated heterocycles. The molecule has 0 spiro atoms. The quantitative estimate of drug-likeness (QED) is 0.469. The van der Waals surface area contributed by atoms with Crippen LogP contribution < -0.4 is 14.4 Å². The fourth-order valence-corrected chi connectivity index (χ4v) is 4.94. The molecule has 2 aromatic heterocycles. The van der Waals surface area contributed by atoms with Crippen molar-refractivity contribution in [3.05, 3.63) is 66.4 Å². The van der Waals surface area contributed by atoms with Crippen molar-refractivity contribution in [1.82, 2.24) is 14.9 Å². The van der Waals surface area contributed by atoms with E-state index in [-0.39, 0.29) is 6.10 Å². The normalized spacial score (nSPS) is 21.0. The molecule has 0 aliphatic carbocycles. The summed E-state index contributed by atoms with van der Waals surface area (Å²) < 4.78 is 12.5. The zero-order valence-electron chi connectivity index (χ0n) is 19.1. The number of piperazine rings is 1. The molecule has 168 valence electrons. The Balaban J connectivity index is 1.15. The van der Waals surface area contributed by atoms with Crippen molar-refractivity contribution >= 4 is 27.6 Å². The molecule has 2 atom stereocenters. The molecule has 0 radical (unpaired) electrons. The maximum atomic E-state index is 6.46. The lowest BCUT2D eigenvalue weighted by Crippen LogP contribution is -2.55. The summed E-state index contributed by atoms with van der Waals surface area (Å²) in [5.41, 5.74) is 3.00. The number of aryl methyl sites for hydroxylation is 1. The van der Waals surface area contributed by atoms with Gasteiger partial charge >= 0.3 is 0 Å². The highest BCUT2D eigenvalue weighted by molar-refractivity contribution is 5.88. The summed E-state index contributed by atoms with van der Waals surface area (Å²) >= 11 is 0. The zero-order valence-corrected chi connectivity index (χ0v) is 19.1. The predicted octanol–water partition coefficient (Wildman–Crippen LogP) is 4.44. The molecule has 33 heavy (non-hydrogen) atoms. The summed E-state index contributed by atoms with van der Waals surface area (Å²) in [6.07, 6.45) is -0.00260. The third-order valence-corrected chi connectivity index (χ3v) is 6.75. The van der Waals surface area contributed by atoms with Crippen LogP contribution in [-0.2, 0) is 0 Å². The van der Waals surface area contributed by atoms with Crippen molar-refractivity contribution < 1.29 is 9.47 Å². The van der Waals surface area contributed by atoms with Crippen LogP contribution in [0.4, 0.5) is 5.82 Å². The Morgan fingerprint density at radius 1 is 0.939 bits per heavy atom. The first kappa shape index (κ1) is 20.2. The predicted molar refractivity (Wildman–Crippen MR) is 131 cm³/mol. The molecule has 6 heteroatoms. The standard InChI is InChI=1S/C27H28N4O2/c1-18-7-9-22-24(28-18)10-11-25-27(22)33-21(17-32-25)16-30-13-14-31(15-19(30)2)26-12-8-20-5-3-4-6-23(20)29-26/h3-12,19,21H,13-17H2,1-2H3. The average molecular weight is 441 g/mol. The van der Waals surface area contributed by atoms with Crippen LogP contribution in [0.1, 0.15) is 12.6 Å². The Kier molecular flexibility index (Phi) is 5.03. The molecule has 6 nitrogen and oxygen atoms in total. The fourth-order valence-electron chi connectivity index (χ4n) is 4.94. The lowest BCUT2D eigenvalue weighted by atomic mass is 10.1. The van der Waals surface area contributed by atoms with Crippen molar-refractivity contribution in [3.63, 3.8) is 0 Å². The zero-order chi connectivity index (χ0) is 22.4. The molecule has 0 amide bonds. The van der Waals surface area contributed by atoms with Crippen LogP contribution in [0, 0.1) is 6.92 Å². The maximum Gasteiger partial charge on any atom is 0.171 e. The van der Waals surface area contributed by atoms with Gasteiger partial charge in [0.25, 0.3) is 0 Å². The van der Waals surface area contributed by atoms with Crippen molar-refractivity contribution in [2.24, 2.45) is 0 Å². The average Bonchev–Trinajstić information content (AvgIpc) is 2.84. The first-order valence-corrected chi connectivity index (χ1v) is 11.7. The van der Waals surface area contributed by atoms with Crippen LogP contribution in [0.2, 0.25) is 0 Å².